The molecule has 3 aromatic rings. The molecule has 0 radical (unpaired) electrons. The van der Waals surface area contributed by atoms with Crippen molar-refractivity contribution in [2.45, 2.75) is 23.9 Å². The topological polar surface area (TPSA) is 194 Å². The van der Waals surface area contributed by atoms with E-state index in [-0.39, 0.29) is 17.3 Å². The zero-order chi connectivity index (χ0) is 30.1. The predicted octanol–water partition coefficient (Wildman–Crippen LogP) is 2.84. The van der Waals surface area contributed by atoms with Gasteiger partial charge in [0.2, 0.25) is 15.9 Å². The van der Waals surface area contributed by atoms with Crippen LogP contribution >= 0.6 is 0 Å². The quantitative estimate of drug-likeness (QED) is 0.180. The lowest BCUT2D eigenvalue weighted by Gasteiger charge is -2.24. The third-order valence-electron chi connectivity index (χ3n) is 5.46. The summed E-state index contributed by atoms with van der Waals surface area (Å²) in [5.41, 5.74) is 14.8. The van der Waals surface area contributed by atoms with E-state index < -0.39 is 28.1 Å². The minimum Gasteiger partial charge on any atom is -0.475 e. The molecule has 0 bridgehead atoms. The van der Waals surface area contributed by atoms with Crippen molar-refractivity contribution in [3.8, 4) is 11.1 Å². The van der Waals surface area contributed by atoms with Crippen molar-refractivity contribution in [1.29, 1.82) is 5.41 Å². The van der Waals surface area contributed by atoms with Crippen molar-refractivity contribution in [3.05, 3.63) is 83.9 Å². The van der Waals surface area contributed by atoms with E-state index in [2.05, 4.69) is 0 Å². The molecule has 0 spiro atoms. The van der Waals surface area contributed by atoms with Crippen molar-refractivity contribution < 1.29 is 36.3 Å². The van der Waals surface area contributed by atoms with Crippen LogP contribution in [0.4, 0.5) is 18.9 Å². The number of carbonyl (C=O) groups is 2. The van der Waals surface area contributed by atoms with E-state index >= 15 is 0 Å². The number of rotatable bonds is 10. The zero-order valence-electron chi connectivity index (χ0n) is 21.1. The number of anilines is 1. The molecule has 1 amide bonds. The van der Waals surface area contributed by atoms with Crippen LogP contribution in [0, 0.1) is 5.41 Å². The first-order valence-electron chi connectivity index (χ1n) is 11.6. The zero-order valence-corrected chi connectivity index (χ0v) is 21.9. The number of nitrogens with zero attached hydrogens (tertiary/aromatic N) is 1. The monoisotopic (exact) mass is 579 g/mol. The van der Waals surface area contributed by atoms with Gasteiger partial charge < -0.3 is 21.5 Å². The number of carbonyl (C=O) groups excluding carboxylic acids is 1. The fraction of sp³-hybridized carbons (Fsp3) is 0.192. The van der Waals surface area contributed by atoms with Gasteiger partial charge in [-0.05, 0) is 42.2 Å². The molecular formula is C26H28F3N5O5S. The minimum atomic E-state index is -5.08. The standard InChI is InChI=1S/C24H27N5O3S.C2HF3O2/c25-23(30)16-29(20-7-3-6-19(15-20)24(26)27)14-4-5-17-10-12-18(13-11-17)21-8-1-2-9-22(21)33(28,31)32;3-2(4,5)1(6)7/h1-3,6-13,15H,4-5,14,16H2,(H2,25,30)(H3,26,27)(H2,28,31,32);(H,6,7). The summed E-state index contributed by atoms with van der Waals surface area (Å²) in [6.45, 7) is 0.644. The van der Waals surface area contributed by atoms with E-state index in [9.17, 15) is 26.4 Å². The highest BCUT2D eigenvalue weighted by molar-refractivity contribution is 7.89. The van der Waals surface area contributed by atoms with Gasteiger partial charge in [-0.2, -0.15) is 13.2 Å². The predicted molar refractivity (Wildman–Crippen MR) is 144 cm³/mol. The number of amides is 1. The molecule has 214 valence electrons. The molecule has 0 atom stereocenters. The average Bonchev–Trinajstić information content (AvgIpc) is 2.87. The van der Waals surface area contributed by atoms with Gasteiger partial charge in [-0.25, -0.2) is 18.4 Å². The van der Waals surface area contributed by atoms with Gasteiger partial charge in [-0.1, -0.05) is 54.6 Å². The maximum Gasteiger partial charge on any atom is 0.490 e. The highest BCUT2D eigenvalue weighted by Crippen LogP contribution is 2.27. The molecule has 0 saturated heterocycles. The van der Waals surface area contributed by atoms with E-state index in [0.29, 0.717) is 17.7 Å². The normalized spacial score (nSPS) is 11.2. The van der Waals surface area contributed by atoms with Gasteiger partial charge in [0.05, 0.1) is 11.4 Å². The number of nitrogen functional groups attached to an aromatic ring is 1. The molecule has 0 fully saturated rings. The number of primary amides is 1. The number of nitrogens with one attached hydrogen (secondary N) is 1. The molecule has 0 aromatic heterocycles. The molecule has 10 nitrogen and oxygen atoms in total. The Morgan fingerprint density at radius 1 is 0.950 bits per heavy atom. The summed E-state index contributed by atoms with van der Waals surface area (Å²) in [6, 6.07) is 21.4. The first kappa shape index (κ1) is 31.8. The number of nitrogens with two attached hydrogens (primary N) is 3. The van der Waals surface area contributed by atoms with Crippen LogP contribution in [0.25, 0.3) is 11.1 Å². The number of primary sulfonamides is 1. The summed E-state index contributed by atoms with van der Waals surface area (Å²) >= 11 is 0. The smallest absolute Gasteiger partial charge is 0.475 e. The van der Waals surface area contributed by atoms with Crippen LogP contribution in [0.2, 0.25) is 0 Å². The Morgan fingerprint density at radius 3 is 2.08 bits per heavy atom. The molecule has 0 aliphatic carbocycles. The summed E-state index contributed by atoms with van der Waals surface area (Å²) < 4.78 is 55.5. The maximum atomic E-state index is 11.9. The molecule has 0 heterocycles. The van der Waals surface area contributed by atoms with E-state index in [0.717, 1.165) is 29.7 Å². The number of aryl methyl sites for hydroxylation is 1. The molecule has 3 rings (SSSR count). The highest BCUT2D eigenvalue weighted by Gasteiger charge is 2.38. The Kier molecular flexibility index (Phi) is 10.8. The van der Waals surface area contributed by atoms with E-state index in [1.54, 1.807) is 36.4 Å². The first-order valence-corrected chi connectivity index (χ1v) is 13.1. The van der Waals surface area contributed by atoms with Gasteiger partial charge >= 0.3 is 12.1 Å². The molecule has 8 N–H and O–H groups in total. The lowest BCUT2D eigenvalue weighted by atomic mass is 10.0. The average molecular weight is 580 g/mol. The Bertz CT molecular complexity index is 1460. The summed E-state index contributed by atoms with van der Waals surface area (Å²) in [6.07, 6.45) is -3.58. The van der Waals surface area contributed by atoms with Crippen LogP contribution in [0.15, 0.2) is 77.7 Å². The van der Waals surface area contributed by atoms with E-state index in [4.69, 9.17) is 31.9 Å². The van der Waals surface area contributed by atoms with E-state index in [1.807, 2.05) is 35.2 Å². The number of amidine groups is 1. The number of sulfonamides is 1. The number of halogens is 3. The van der Waals surface area contributed by atoms with Crippen LogP contribution in [0.3, 0.4) is 0 Å². The maximum absolute atomic E-state index is 11.9. The Labute approximate surface area is 228 Å². The summed E-state index contributed by atoms with van der Waals surface area (Å²) in [5, 5.41) is 20.1. The Morgan fingerprint density at radius 2 is 1.55 bits per heavy atom. The van der Waals surface area contributed by atoms with Crippen molar-refractivity contribution >= 4 is 33.4 Å². The van der Waals surface area contributed by atoms with Gasteiger partial charge in [-0.15, -0.1) is 0 Å². The lowest BCUT2D eigenvalue weighted by Crippen LogP contribution is -2.34. The number of carboxylic acid groups (broad SMARTS) is 1. The third-order valence-corrected chi connectivity index (χ3v) is 6.43. The Hall–Kier alpha value is -4.43. The lowest BCUT2D eigenvalue weighted by molar-refractivity contribution is -0.192. The molecule has 40 heavy (non-hydrogen) atoms. The second kappa shape index (κ2) is 13.6. The summed E-state index contributed by atoms with van der Waals surface area (Å²) in [5.74, 6) is -3.24. The molecule has 0 aliphatic rings. The van der Waals surface area contributed by atoms with E-state index in [1.165, 1.54) is 6.07 Å². The van der Waals surface area contributed by atoms with Gasteiger partial charge in [0.25, 0.3) is 0 Å². The van der Waals surface area contributed by atoms with Crippen LogP contribution in [-0.2, 0) is 26.0 Å². The molecule has 3 aromatic carbocycles. The number of hydrogen-bond donors (Lipinski definition) is 5. The Balaban J connectivity index is 0.000000708. The molecule has 14 heteroatoms. The largest absolute Gasteiger partial charge is 0.490 e. The first-order chi connectivity index (χ1) is 18.6. The summed E-state index contributed by atoms with van der Waals surface area (Å²) in [4.78, 5) is 22.4. The third kappa shape index (κ3) is 9.71. The van der Waals surface area contributed by atoms with Crippen molar-refractivity contribution in [2.75, 3.05) is 18.0 Å². The van der Waals surface area contributed by atoms with Crippen molar-refractivity contribution in [2.24, 2.45) is 16.6 Å². The number of carboxylic acids is 1. The van der Waals surface area contributed by atoms with Gasteiger partial charge in [0, 0.05) is 23.4 Å². The molecule has 0 saturated carbocycles. The number of hydrogen-bond acceptors (Lipinski definition) is 6. The molecular weight excluding hydrogens is 551 g/mol. The van der Waals surface area contributed by atoms with Crippen LogP contribution < -0.4 is 21.5 Å². The second-order valence-corrected chi connectivity index (χ2v) is 10.0. The highest BCUT2D eigenvalue weighted by atomic mass is 32.2. The number of aliphatic carboxylic acids is 1. The molecule has 0 aliphatic heterocycles. The fourth-order valence-corrected chi connectivity index (χ4v) is 4.40. The van der Waals surface area contributed by atoms with Crippen molar-refractivity contribution in [1.82, 2.24) is 0 Å². The number of alkyl halides is 3. The number of benzene rings is 3. The SMILES string of the molecule is N=C(N)c1cccc(N(CCCc2ccc(-c3ccccc3S(N)(=O)=O)cc2)CC(N)=O)c1.O=C(O)C(F)(F)F. The van der Waals surface area contributed by atoms with Crippen LogP contribution in [0.5, 0.6) is 0 Å². The van der Waals surface area contributed by atoms with Gasteiger partial charge in [0.1, 0.15) is 5.84 Å². The molecule has 0 unspecified atom stereocenters. The van der Waals surface area contributed by atoms with Gasteiger partial charge in [0.15, 0.2) is 0 Å². The van der Waals surface area contributed by atoms with Crippen LogP contribution in [0.1, 0.15) is 17.5 Å². The van der Waals surface area contributed by atoms with Gasteiger partial charge in [-0.3, -0.25) is 10.2 Å². The fourth-order valence-electron chi connectivity index (χ4n) is 3.64. The summed E-state index contributed by atoms with van der Waals surface area (Å²) in [7, 11) is -3.82. The van der Waals surface area contributed by atoms with Crippen LogP contribution in [-0.4, -0.2) is 50.5 Å². The van der Waals surface area contributed by atoms with Crippen molar-refractivity contribution in [3.63, 3.8) is 0 Å². The second-order valence-electron chi connectivity index (χ2n) is 8.50. The minimum absolute atomic E-state index is 0.0417.